The molecule has 0 atom stereocenters. The fourth-order valence-corrected chi connectivity index (χ4v) is 1.40. The van der Waals surface area contributed by atoms with E-state index in [2.05, 4.69) is 20.7 Å². The second kappa shape index (κ2) is 5.50. The molecule has 0 aliphatic carbocycles. The Morgan fingerprint density at radius 2 is 2.12 bits per heavy atom. The topological polar surface area (TPSA) is 72.8 Å². The number of methoxy groups -OCH3 is 1. The smallest absolute Gasteiger partial charge is 0.341 e. The molecule has 1 rings (SSSR count). The van der Waals surface area contributed by atoms with E-state index >= 15 is 0 Å². The number of hydrogen-bond donors (Lipinski definition) is 1. The number of halogens is 1. The maximum Gasteiger partial charge on any atom is 0.341 e. The number of hydrogen-bond acceptors (Lipinski definition) is 4. The Morgan fingerprint density at radius 1 is 1.44 bits per heavy atom. The van der Waals surface area contributed by atoms with Gasteiger partial charge in [0.05, 0.1) is 7.11 Å². The molecular formula is C10H9BrO5. The highest BCUT2D eigenvalue weighted by molar-refractivity contribution is 9.10. The van der Waals surface area contributed by atoms with Gasteiger partial charge < -0.3 is 14.6 Å². The molecule has 1 aromatic carbocycles. The number of esters is 1. The molecule has 0 unspecified atom stereocenters. The summed E-state index contributed by atoms with van der Waals surface area (Å²) in [6.07, 6.45) is 0. The Morgan fingerprint density at radius 3 is 2.69 bits per heavy atom. The second-order valence-corrected chi connectivity index (χ2v) is 3.73. The van der Waals surface area contributed by atoms with Crippen LogP contribution in [0.3, 0.4) is 0 Å². The maximum absolute atomic E-state index is 11.4. The van der Waals surface area contributed by atoms with Gasteiger partial charge in [0.25, 0.3) is 0 Å². The van der Waals surface area contributed by atoms with Crippen molar-refractivity contribution >= 4 is 27.9 Å². The molecule has 0 aliphatic heterocycles. The highest BCUT2D eigenvalue weighted by Crippen LogP contribution is 2.23. The third-order valence-electron chi connectivity index (χ3n) is 1.70. The lowest BCUT2D eigenvalue weighted by Crippen LogP contribution is -2.12. The van der Waals surface area contributed by atoms with Crippen molar-refractivity contribution in [3.8, 4) is 5.75 Å². The summed E-state index contributed by atoms with van der Waals surface area (Å²) in [5, 5.41) is 8.47. The number of carboxylic acid groups (broad SMARTS) is 1. The number of carboxylic acids is 1. The highest BCUT2D eigenvalue weighted by Gasteiger charge is 2.14. The van der Waals surface area contributed by atoms with Crippen molar-refractivity contribution in [2.75, 3.05) is 13.7 Å². The van der Waals surface area contributed by atoms with Gasteiger partial charge in [-0.05, 0) is 18.2 Å². The molecule has 0 spiro atoms. The van der Waals surface area contributed by atoms with Crippen LogP contribution >= 0.6 is 15.9 Å². The third-order valence-corrected chi connectivity index (χ3v) is 2.19. The van der Waals surface area contributed by atoms with Crippen molar-refractivity contribution in [1.29, 1.82) is 0 Å². The van der Waals surface area contributed by atoms with Gasteiger partial charge in [0.1, 0.15) is 11.3 Å². The summed E-state index contributed by atoms with van der Waals surface area (Å²) in [7, 11) is 1.24. The fourth-order valence-electron chi connectivity index (χ4n) is 1.04. The first-order valence-electron chi connectivity index (χ1n) is 4.27. The minimum absolute atomic E-state index is 0.178. The summed E-state index contributed by atoms with van der Waals surface area (Å²) in [4.78, 5) is 21.7. The zero-order chi connectivity index (χ0) is 12.1. The average Bonchev–Trinajstić information content (AvgIpc) is 2.26. The molecular weight excluding hydrogens is 280 g/mol. The van der Waals surface area contributed by atoms with Gasteiger partial charge in [-0.25, -0.2) is 9.59 Å². The molecule has 0 aliphatic rings. The Balaban J connectivity index is 2.98. The van der Waals surface area contributed by atoms with E-state index in [0.717, 1.165) is 0 Å². The second-order valence-electron chi connectivity index (χ2n) is 2.81. The van der Waals surface area contributed by atoms with Crippen LogP contribution in [0.5, 0.6) is 5.75 Å². The Bertz CT molecular complexity index is 416. The first-order chi connectivity index (χ1) is 7.54. The SMILES string of the molecule is COC(=O)c1cc(Br)ccc1OCC(=O)O. The van der Waals surface area contributed by atoms with Crippen LogP contribution in [0.1, 0.15) is 10.4 Å². The van der Waals surface area contributed by atoms with Gasteiger partial charge in [-0.1, -0.05) is 15.9 Å². The van der Waals surface area contributed by atoms with Gasteiger partial charge >= 0.3 is 11.9 Å². The molecule has 0 saturated heterocycles. The summed E-state index contributed by atoms with van der Waals surface area (Å²) >= 11 is 3.19. The van der Waals surface area contributed by atoms with Gasteiger partial charge in [0.15, 0.2) is 6.61 Å². The highest BCUT2D eigenvalue weighted by atomic mass is 79.9. The van der Waals surface area contributed by atoms with E-state index in [0.29, 0.717) is 4.47 Å². The van der Waals surface area contributed by atoms with E-state index < -0.39 is 18.5 Å². The van der Waals surface area contributed by atoms with E-state index in [4.69, 9.17) is 9.84 Å². The molecule has 0 fully saturated rings. The monoisotopic (exact) mass is 288 g/mol. The molecule has 5 nitrogen and oxygen atoms in total. The molecule has 0 bridgehead atoms. The summed E-state index contributed by atoms with van der Waals surface area (Å²) in [6.45, 7) is -0.508. The number of carbonyl (C=O) groups excluding carboxylic acids is 1. The van der Waals surface area contributed by atoms with Crippen LogP contribution in [-0.2, 0) is 9.53 Å². The molecule has 1 aromatic rings. The van der Waals surface area contributed by atoms with Gasteiger partial charge in [-0.3, -0.25) is 0 Å². The molecule has 0 aromatic heterocycles. The normalized spacial score (nSPS) is 9.62. The van der Waals surface area contributed by atoms with Crippen LogP contribution in [0.4, 0.5) is 0 Å². The van der Waals surface area contributed by atoms with E-state index in [1.807, 2.05) is 0 Å². The quantitative estimate of drug-likeness (QED) is 0.854. The minimum atomic E-state index is -1.11. The Hall–Kier alpha value is -1.56. The number of carbonyl (C=O) groups is 2. The van der Waals surface area contributed by atoms with Crippen LogP contribution in [0.2, 0.25) is 0 Å². The number of benzene rings is 1. The largest absolute Gasteiger partial charge is 0.481 e. The van der Waals surface area contributed by atoms with Crippen molar-refractivity contribution in [2.24, 2.45) is 0 Å². The fraction of sp³-hybridized carbons (Fsp3) is 0.200. The molecule has 86 valence electrons. The van der Waals surface area contributed by atoms with Crippen molar-refractivity contribution < 1.29 is 24.2 Å². The van der Waals surface area contributed by atoms with E-state index in [9.17, 15) is 9.59 Å². The van der Waals surface area contributed by atoms with Crippen molar-refractivity contribution in [3.63, 3.8) is 0 Å². The van der Waals surface area contributed by atoms with Gasteiger partial charge in [-0.2, -0.15) is 0 Å². The number of aliphatic carboxylic acids is 1. The lowest BCUT2D eigenvalue weighted by Gasteiger charge is -2.08. The van der Waals surface area contributed by atoms with Gasteiger partial charge in [0.2, 0.25) is 0 Å². The first-order valence-corrected chi connectivity index (χ1v) is 5.06. The van der Waals surface area contributed by atoms with E-state index in [-0.39, 0.29) is 11.3 Å². The van der Waals surface area contributed by atoms with Crippen molar-refractivity contribution in [1.82, 2.24) is 0 Å². The van der Waals surface area contributed by atoms with Crippen LogP contribution in [0.15, 0.2) is 22.7 Å². The molecule has 0 heterocycles. The van der Waals surface area contributed by atoms with E-state index in [1.165, 1.54) is 19.2 Å². The maximum atomic E-state index is 11.4. The van der Waals surface area contributed by atoms with Gasteiger partial charge in [0, 0.05) is 4.47 Å². The molecule has 16 heavy (non-hydrogen) atoms. The predicted octanol–water partition coefficient (Wildman–Crippen LogP) is 1.70. The Labute approximate surface area is 100 Å². The van der Waals surface area contributed by atoms with Crippen LogP contribution in [0.25, 0.3) is 0 Å². The molecule has 0 saturated carbocycles. The zero-order valence-electron chi connectivity index (χ0n) is 8.40. The number of ether oxygens (including phenoxy) is 2. The number of rotatable bonds is 4. The van der Waals surface area contributed by atoms with Crippen LogP contribution in [-0.4, -0.2) is 30.8 Å². The molecule has 0 amide bonds. The third kappa shape index (κ3) is 3.23. The zero-order valence-corrected chi connectivity index (χ0v) is 9.98. The summed E-state index contributed by atoms with van der Waals surface area (Å²) in [6, 6.07) is 4.64. The lowest BCUT2D eigenvalue weighted by atomic mass is 10.2. The van der Waals surface area contributed by atoms with Gasteiger partial charge in [-0.15, -0.1) is 0 Å². The predicted molar refractivity (Wildman–Crippen MR) is 58.6 cm³/mol. The van der Waals surface area contributed by atoms with Crippen molar-refractivity contribution in [3.05, 3.63) is 28.2 Å². The Kier molecular flexibility index (Phi) is 4.30. The molecule has 1 N–H and O–H groups in total. The summed E-state index contributed by atoms with van der Waals surface area (Å²) in [5.41, 5.74) is 0.179. The molecule has 6 heteroatoms. The van der Waals surface area contributed by atoms with Crippen molar-refractivity contribution in [2.45, 2.75) is 0 Å². The van der Waals surface area contributed by atoms with E-state index in [1.54, 1.807) is 6.07 Å². The average molecular weight is 289 g/mol. The minimum Gasteiger partial charge on any atom is -0.481 e. The molecule has 0 radical (unpaired) electrons. The first kappa shape index (κ1) is 12.5. The lowest BCUT2D eigenvalue weighted by molar-refractivity contribution is -0.139. The standard InChI is InChI=1S/C10H9BrO5/c1-15-10(14)7-4-6(11)2-3-8(7)16-5-9(12)13/h2-4H,5H2,1H3,(H,12,13). The summed E-state index contributed by atoms with van der Waals surface area (Å²) < 4.78 is 10.2. The summed E-state index contributed by atoms with van der Waals surface area (Å²) in [5.74, 6) is -1.52. The van der Waals surface area contributed by atoms with Crippen LogP contribution < -0.4 is 4.74 Å². The van der Waals surface area contributed by atoms with Crippen LogP contribution in [0, 0.1) is 0 Å².